The van der Waals surface area contributed by atoms with Gasteiger partial charge in [0.05, 0.1) is 24.4 Å². The van der Waals surface area contributed by atoms with Gasteiger partial charge in [-0.15, -0.1) is 0 Å². The molecule has 3 amide bonds. The smallest absolute Gasteiger partial charge is 0.308 e. The number of fused-ring (bicyclic) bond motifs is 1. The maximum Gasteiger partial charge on any atom is 0.308 e. The lowest BCUT2D eigenvalue weighted by Gasteiger charge is -2.22. The Labute approximate surface area is 217 Å². The van der Waals surface area contributed by atoms with Gasteiger partial charge in [-0.05, 0) is 25.8 Å². The Morgan fingerprint density at radius 2 is 1.70 bits per heavy atom. The molecule has 0 saturated carbocycles. The van der Waals surface area contributed by atoms with Crippen molar-refractivity contribution >= 4 is 35.1 Å². The summed E-state index contributed by atoms with van der Waals surface area (Å²) in [6.45, 7) is 3.35. The predicted molar refractivity (Wildman–Crippen MR) is 141 cm³/mol. The standard InChI is InChI=1S/C28H34N4O5/c1-18(28(36)37-4)12-8-11-17-23(33)29-19(2)26(34)31-25-27(35)32(3)22-16-10-9-15-21(22)24(30-25)20-13-6-5-7-14-20/h5-7,9-10,13-16,18-19,25H,8,11-12,17H2,1-4H3,(H,29,33)(H,31,34)/t18?,19-,25+/m0/s1. The van der Waals surface area contributed by atoms with Crippen molar-refractivity contribution in [1.29, 1.82) is 0 Å². The summed E-state index contributed by atoms with van der Waals surface area (Å²) in [5, 5.41) is 5.37. The number of hydrogen-bond acceptors (Lipinski definition) is 6. The minimum Gasteiger partial charge on any atom is -0.469 e. The van der Waals surface area contributed by atoms with Gasteiger partial charge in [0, 0.05) is 24.6 Å². The van der Waals surface area contributed by atoms with Crippen LogP contribution in [-0.4, -0.2) is 55.8 Å². The number of methoxy groups -OCH3 is 1. The van der Waals surface area contributed by atoms with Gasteiger partial charge in [-0.2, -0.15) is 0 Å². The van der Waals surface area contributed by atoms with Gasteiger partial charge >= 0.3 is 5.97 Å². The molecule has 9 heteroatoms. The van der Waals surface area contributed by atoms with Gasteiger partial charge < -0.3 is 20.3 Å². The van der Waals surface area contributed by atoms with Crippen LogP contribution in [-0.2, 0) is 23.9 Å². The van der Waals surface area contributed by atoms with Crippen molar-refractivity contribution in [1.82, 2.24) is 10.6 Å². The summed E-state index contributed by atoms with van der Waals surface area (Å²) in [4.78, 5) is 56.2. The molecule has 2 N–H and O–H groups in total. The molecule has 0 aromatic heterocycles. The highest BCUT2D eigenvalue weighted by Gasteiger charge is 2.32. The molecule has 1 aliphatic heterocycles. The molecule has 2 aromatic carbocycles. The number of benzene rings is 2. The fraction of sp³-hybridized carbons (Fsp3) is 0.393. The monoisotopic (exact) mass is 506 g/mol. The Morgan fingerprint density at radius 3 is 2.41 bits per heavy atom. The fourth-order valence-corrected chi connectivity index (χ4v) is 4.14. The molecule has 0 saturated heterocycles. The Morgan fingerprint density at radius 1 is 1.03 bits per heavy atom. The number of benzodiazepines with no additional fused rings is 1. The first-order valence-corrected chi connectivity index (χ1v) is 12.4. The summed E-state index contributed by atoms with van der Waals surface area (Å²) < 4.78 is 4.70. The predicted octanol–water partition coefficient (Wildman–Crippen LogP) is 2.82. The van der Waals surface area contributed by atoms with Gasteiger partial charge in [0.25, 0.3) is 5.91 Å². The number of nitrogens with one attached hydrogen (secondary N) is 2. The largest absolute Gasteiger partial charge is 0.469 e. The third kappa shape index (κ3) is 7.03. The van der Waals surface area contributed by atoms with E-state index in [1.807, 2.05) is 54.6 Å². The number of hydrogen-bond donors (Lipinski definition) is 2. The Balaban J connectivity index is 1.65. The molecule has 0 fully saturated rings. The van der Waals surface area contributed by atoms with Crippen molar-refractivity contribution in [2.75, 3.05) is 19.1 Å². The quantitative estimate of drug-likeness (QED) is 0.380. The van der Waals surface area contributed by atoms with Gasteiger partial charge in [0.1, 0.15) is 6.04 Å². The van der Waals surface area contributed by atoms with Crippen LogP contribution in [0, 0.1) is 5.92 Å². The molecule has 3 rings (SSSR count). The third-order valence-electron chi connectivity index (χ3n) is 6.33. The Hall–Kier alpha value is -4.01. The minimum atomic E-state index is -1.15. The van der Waals surface area contributed by atoms with Gasteiger partial charge in [0.15, 0.2) is 0 Å². The molecular weight excluding hydrogens is 472 g/mol. The molecular formula is C28H34N4O5. The molecule has 1 heterocycles. The van der Waals surface area contributed by atoms with Crippen LogP contribution in [0.15, 0.2) is 59.6 Å². The number of amides is 3. The van der Waals surface area contributed by atoms with E-state index in [0.29, 0.717) is 30.7 Å². The van der Waals surface area contributed by atoms with Crippen LogP contribution in [0.25, 0.3) is 0 Å². The summed E-state index contributed by atoms with van der Waals surface area (Å²) in [6, 6.07) is 16.1. The number of anilines is 1. The summed E-state index contributed by atoms with van der Waals surface area (Å²) >= 11 is 0. The van der Waals surface area contributed by atoms with Crippen LogP contribution in [0.3, 0.4) is 0 Å². The molecule has 3 atom stereocenters. The van der Waals surface area contributed by atoms with E-state index >= 15 is 0 Å². The van der Waals surface area contributed by atoms with Crippen molar-refractivity contribution in [3.8, 4) is 0 Å². The van der Waals surface area contributed by atoms with Crippen molar-refractivity contribution < 1.29 is 23.9 Å². The molecule has 1 unspecified atom stereocenters. The summed E-state index contributed by atoms with van der Waals surface area (Å²) in [7, 11) is 3.00. The first kappa shape index (κ1) is 27.6. The van der Waals surface area contributed by atoms with Crippen LogP contribution >= 0.6 is 0 Å². The van der Waals surface area contributed by atoms with Crippen LogP contribution in [0.5, 0.6) is 0 Å². The highest BCUT2D eigenvalue weighted by molar-refractivity contribution is 6.20. The second kappa shape index (κ2) is 12.8. The van der Waals surface area contributed by atoms with Gasteiger partial charge in [0.2, 0.25) is 18.0 Å². The van der Waals surface area contributed by atoms with E-state index in [9.17, 15) is 19.2 Å². The maximum atomic E-state index is 13.2. The zero-order valence-electron chi connectivity index (χ0n) is 21.7. The number of para-hydroxylation sites is 1. The molecule has 37 heavy (non-hydrogen) atoms. The zero-order chi connectivity index (χ0) is 26.9. The number of carbonyl (C=O) groups is 4. The lowest BCUT2D eigenvalue weighted by atomic mass is 10.0. The van der Waals surface area contributed by atoms with E-state index in [1.165, 1.54) is 12.0 Å². The van der Waals surface area contributed by atoms with E-state index < -0.39 is 18.1 Å². The molecule has 1 aliphatic rings. The van der Waals surface area contributed by atoms with E-state index in [1.54, 1.807) is 20.9 Å². The van der Waals surface area contributed by atoms with Crippen molar-refractivity contribution in [3.05, 3.63) is 65.7 Å². The highest BCUT2D eigenvalue weighted by atomic mass is 16.5. The van der Waals surface area contributed by atoms with Gasteiger partial charge in [-0.1, -0.05) is 61.9 Å². The number of aliphatic imine (C=N–C) groups is 1. The van der Waals surface area contributed by atoms with Crippen LogP contribution < -0.4 is 15.5 Å². The van der Waals surface area contributed by atoms with E-state index in [4.69, 9.17) is 4.74 Å². The number of esters is 1. The maximum absolute atomic E-state index is 13.2. The SMILES string of the molecule is COC(=O)C(C)CCCCC(=O)N[C@@H](C)C(=O)N[C@H]1N=C(c2ccccc2)c2ccccc2N(C)C1=O. The molecule has 2 aromatic rings. The van der Waals surface area contributed by atoms with Gasteiger partial charge in [-0.3, -0.25) is 19.2 Å². The van der Waals surface area contributed by atoms with E-state index in [2.05, 4.69) is 15.6 Å². The third-order valence-corrected chi connectivity index (χ3v) is 6.33. The average molecular weight is 507 g/mol. The molecule has 0 radical (unpaired) electrons. The van der Waals surface area contributed by atoms with Crippen molar-refractivity contribution in [2.45, 2.75) is 51.7 Å². The number of nitrogens with zero attached hydrogens (tertiary/aromatic N) is 2. The summed E-state index contributed by atoms with van der Waals surface area (Å²) in [6.07, 6.45) is 0.958. The first-order chi connectivity index (χ1) is 17.7. The number of carbonyl (C=O) groups excluding carboxylic acids is 4. The summed E-state index contributed by atoms with van der Waals surface area (Å²) in [5.41, 5.74) is 2.89. The zero-order valence-corrected chi connectivity index (χ0v) is 21.7. The number of unbranched alkanes of at least 4 members (excludes halogenated alkanes) is 1. The van der Waals surface area contributed by atoms with Gasteiger partial charge in [-0.25, -0.2) is 4.99 Å². The number of ether oxygens (including phenoxy) is 1. The lowest BCUT2D eigenvalue weighted by Crippen LogP contribution is -2.52. The van der Waals surface area contributed by atoms with Crippen molar-refractivity contribution in [3.63, 3.8) is 0 Å². The molecule has 0 aliphatic carbocycles. The second-order valence-electron chi connectivity index (χ2n) is 9.13. The number of likely N-dealkylation sites (N-methyl/N-ethyl adjacent to an activating group) is 1. The fourth-order valence-electron chi connectivity index (χ4n) is 4.14. The molecule has 196 valence electrons. The number of rotatable bonds is 10. The summed E-state index contributed by atoms with van der Waals surface area (Å²) in [5.74, 6) is -1.67. The topological polar surface area (TPSA) is 117 Å². The van der Waals surface area contributed by atoms with Crippen molar-refractivity contribution in [2.24, 2.45) is 10.9 Å². The molecule has 0 spiro atoms. The minimum absolute atomic E-state index is 0.222. The van der Waals surface area contributed by atoms with Crippen LogP contribution in [0.1, 0.15) is 50.7 Å². The highest BCUT2D eigenvalue weighted by Crippen LogP contribution is 2.27. The van der Waals surface area contributed by atoms with E-state index in [-0.39, 0.29) is 30.1 Å². The second-order valence-corrected chi connectivity index (χ2v) is 9.13. The van der Waals surface area contributed by atoms with Crippen LogP contribution in [0.2, 0.25) is 0 Å². The molecule has 9 nitrogen and oxygen atoms in total. The average Bonchev–Trinajstić information content (AvgIpc) is 3.01. The molecule has 0 bridgehead atoms. The van der Waals surface area contributed by atoms with E-state index in [0.717, 1.165) is 11.1 Å². The van der Waals surface area contributed by atoms with Crippen LogP contribution in [0.4, 0.5) is 5.69 Å². The Kier molecular flexibility index (Phi) is 9.54. The lowest BCUT2D eigenvalue weighted by molar-refractivity contribution is -0.145. The normalized spacial score (nSPS) is 16.5. The Bertz CT molecular complexity index is 1160. The first-order valence-electron chi connectivity index (χ1n) is 12.4.